The predicted molar refractivity (Wildman–Crippen MR) is 197 cm³/mol. The molecule has 56 heavy (non-hydrogen) atoms. The zero-order valence-corrected chi connectivity index (χ0v) is 32.5. The minimum atomic E-state index is -4.76. The number of carboxylic acids is 1. The topological polar surface area (TPSA) is 165 Å². The summed E-state index contributed by atoms with van der Waals surface area (Å²) in [7, 11) is -4.22. The third-order valence-electron chi connectivity index (χ3n) is 11.5. The molecule has 1 spiro atoms. The van der Waals surface area contributed by atoms with Crippen molar-refractivity contribution in [2.45, 2.75) is 108 Å². The molecular weight excluding hydrogens is 754 g/mol. The second-order valence-corrected chi connectivity index (χ2v) is 17.6. The molecule has 2 aliphatic heterocycles. The molecule has 1 atom stereocenters. The summed E-state index contributed by atoms with van der Waals surface area (Å²) < 4.78 is 84.7. The molecule has 5 heterocycles. The van der Waals surface area contributed by atoms with Crippen molar-refractivity contribution >= 4 is 27.5 Å². The second-order valence-electron chi connectivity index (χ2n) is 15.7. The lowest BCUT2D eigenvalue weighted by atomic mass is 9.70. The predicted octanol–water partition coefficient (Wildman–Crippen LogP) is 5.74. The van der Waals surface area contributed by atoms with Crippen LogP contribution in [0, 0.1) is 19.3 Å². The number of rotatable bonds is 10. The Morgan fingerprint density at radius 1 is 1.07 bits per heavy atom. The quantitative estimate of drug-likeness (QED) is 0.202. The smallest absolute Gasteiger partial charge is 0.452 e. The average molecular weight is 799 g/mol. The van der Waals surface area contributed by atoms with Crippen molar-refractivity contribution in [2.75, 3.05) is 19.8 Å². The molecule has 7 rings (SSSR count). The molecule has 2 fully saturated rings. The van der Waals surface area contributed by atoms with E-state index < -0.39 is 44.9 Å². The molecule has 3 aromatic heterocycles. The maximum Gasteiger partial charge on any atom is 0.452 e. The van der Waals surface area contributed by atoms with Crippen LogP contribution in [0.3, 0.4) is 0 Å². The van der Waals surface area contributed by atoms with Crippen LogP contribution in [0.15, 0.2) is 47.5 Å². The zero-order chi connectivity index (χ0) is 40.2. The van der Waals surface area contributed by atoms with Gasteiger partial charge in [-0.3, -0.25) is 14.0 Å². The first-order valence-corrected chi connectivity index (χ1v) is 20.1. The van der Waals surface area contributed by atoms with Gasteiger partial charge in [-0.15, -0.1) is 10.2 Å². The van der Waals surface area contributed by atoms with Gasteiger partial charge in [-0.25, -0.2) is 13.4 Å². The summed E-state index contributed by atoms with van der Waals surface area (Å²) in [5, 5.41) is 20.7. The zero-order valence-electron chi connectivity index (χ0n) is 31.6. The molecule has 0 radical (unpaired) electrons. The van der Waals surface area contributed by atoms with E-state index in [4.69, 9.17) is 9.47 Å². The van der Waals surface area contributed by atoms with E-state index in [-0.39, 0.29) is 47.9 Å². The van der Waals surface area contributed by atoms with Gasteiger partial charge in [0, 0.05) is 49.7 Å². The van der Waals surface area contributed by atoms with Gasteiger partial charge >= 0.3 is 12.1 Å². The van der Waals surface area contributed by atoms with Gasteiger partial charge in [-0.2, -0.15) is 17.5 Å². The Morgan fingerprint density at radius 3 is 2.46 bits per heavy atom. The molecule has 17 heteroatoms. The number of aromatic nitrogens is 4. The van der Waals surface area contributed by atoms with Crippen LogP contribution in [0.5, 0.6) is 5.88 Å². The maximum absolute atomic E-state index is 14.6. The summed E-state index contributed by atoms with van der Waals surface area (Å²) in [6, 6.07) is 10.1. The van der Waals surface area contributed by atoms with Crippen molar-refractivity contribution in [2.24, 2.45) is 5.41 Å². The van der Waals surface area contributed by atoms with E-state index in [1.54, 1.807) is 45.0 Å². The van der Waals surface area contributed by atoms with Crippen molar-refractivity contribution in [3.63, 3.8) is 0 Å². The number of alkyl halides is 3. The molecule has 2 N–H and O–H groups in total. The SMILES string of the molecule is Cc1ccc([C@@H](c2ccn3c(C(F)(F)F)nnc3c2C)C(C)(C)C(=O)O)cc1CN1CC2(CCOCC2)Oc2nc(CCC(=O)NC3CCC3)ccc2S1(=O)=O. The highest BCUT2D eigenvalue weighted by Crippen LogP contribution is 2.45. The highest BCUT2D eigenvalue weighted by molar-refractivity contribution is 7.89. The number of carboxylic acid groups (broad SMARTS) is 1. The Hall–Kier alpha value is -4.61. The molecule has 1 aromatic carbocycles. The Labute approximate surface area is 322 Å². The number of pyridine rings is 2. The number of carbonyl (C=O) groups is 2. The Bertz CT molecular complexity index is 2280. The van der Waals surface area contributed by atoms with E-state index in [0.29, 0.717) is 60.4 Å². The number of ether oxygens (including phenoxy) is 2. The number of benzene rings is 1. The molecule has 0 bridgehead atoms. The molecular formula is C39H45F3N6O7S. The van der Waals surface area contributed by atoms with Gasteiger partial charge in [0.1, 0.15) is 10.5 Å². The van der Waals surface area contributed by atoms with Gasteiger partial charge in [-0.05, 0) is 99.4 Å². The van der Waals surface area contributed by atoms with Crippen molar-refractivity contribution < 1.29 is 45.8 Å². The maximum atomic E-state index is 14.6. The minimum Gasteiger partial charge on any atom is -0.481 e. The number of aryl methyl sites for hydroxylation is 3. The standard InChI is InChI=1S/C39H45F3N6O7S/c1-23-8-9-25(32(37(3,4)36(50)51)29-14-17-48-33(24(29)2)45-46-35(48)39(40,41)42)20-26(23)21-47-22-38(15-18-54-19-16-38)55-34-30(56(47,52)53)12-10-28(44-34)11-13-31(49)43-27-6-5-7-27/h8-10,12,14,17,20,27,32H,5-7,11,13,15-16,18-19,21-22H2,1-4H3,(H,43,49)(H,50,51)/t32-/m0/s1. The summed E-state index contributed by atoms with van der Waals surface area (Å²) >= 11 is 0. The lowest BCUT2D eigenvalue weighted by molar-refractivity contribution is -0.147. The van der Waals surface area contributed by atoms with Crippen molar-refractivity contribution in [3.8, 4) is 5.88 Å². The third-order valence-corrected chi connectivity index (χ3v) is 13.3. The highest BCUT2D eigenvalue weighted by atomic mass is 32.2. The number of aliphatic carboxylic acids is 1. The van der Waals surface area contributed by atoms with Crippen LogP contribution in [0.2, 0.25) is 0 Å². The summed E-state index contributed by atoms with van der Waals surface area (Å²) in [5.74, 6) is -3.33. The van der Waals surface area contributed by atoms with Crippen LogP contribution >= 0.6 is 0 Å². The van der Waals surface area contributed by atoms with Crippen molar-refractivity contribution in [3.05, 3.63) is 81.9 Å². The highest BCUT2D eigenvalue weighted by Gasteiger charge is 2.46. The second kappa shape index (κ2) is 14.7. The lowest BCUT2D eigenvalue weighted by Crippen LogP contribution is -2.50. The molecule has 1 saturated heterocycles. The van der Waals surface area contributed by atoms with E-state index in [1.807, 2.05) is 6.92 Å². The van der Waals surface area contributed by atoms with E-state index in [9.17, 15) is 36.3 Å². The molecule has 3 aliphatic rings. The Kier molecular flexibility index (Phi) is 10.4. The van der Waals surface area contributed by atoms with Crippen LogP contribution in [0.1, 0.15) is 97.6 Å². The number of halogens is 3. The fourth-order valence-corrected chi connectivity index (χ4v) is 9.38. The fraction of sp³-hybridized carbons (Fsp3) is 0.513. The largest absolute Gasteiger partial charge is 0.481 e. The number of carbonyl (C=O) groups excluding carboxylic acids is 1. The minimum absolute atomic E-state index is 0.00784. The number of fused-ring (bicyclic) bond motifs is 2. The lowest BCUT2D eigenvalue weighted by Gasteiger charge is -2.38. The van der Waals surface area contributed by atoms with Crippen LogP contribution in [-0.2, 0) is 43.5 Å². The molecule has 1 saturated carbocycles. The van der Waals surface area contributed by atoms with Gasteiger partial charge in [0.15, 0.2) is 5.65 Å². The summed E-state index contributed by atoms with van der Waals surface area (Å²) in [6.07, 6.45) is 0.793. The molecule has 1 amide bonds. The van der Waals surface area contributed by atoms with Gasteiger partial charge < -0.3 is 19.9 Å². The normalized spacial score (nSPS) is 19.1. The average Bonchev–Trinajstić information content (AvgIpc) is 3.54. The van der Waals surface area contributed by atoms with E-state index in [0.717, 1.165) is 29.2 Å². The Balaban J connectivity index is 1.25. The van der Waals surface area contributed by atoms with Crippen LogP contribution in [0.25, 0.3) is 5.65 Å². The van der Waals surface area contributed by atoms with Gasteiger partial charge in [0.05, 0.1) is 25.2 Å². The molecule has 13 nitrogen and oxygen atoms in total. The van der Waals surface area contributed by atoms with Crippen LogP contribution in [-0.4, -0.2) is 80.7 Å². The van der Waals surface area contributed by atoms with E-state index in [1.165, 1.54) is 22.6 Å². The van der Waals surface area contributed by atoms with Crippen LogP contribution < -0.4 is 10.1 Å². The molecule has 300 valence electrons. The summed E-state index contributed by atoms with van der Waals surface area (Å²) in [5.41, 5.74) is 0.684. The van der Waals surface area contributed by atoms with Gasteiger partial charge in [0.2, 0.25) is 27.6 Å². The molecule has 0 unspecified atom stereocenters. The number of sulfonamides is 1. The number of amides is 1. The fourth-order valence-electron chi connectivity index (χ4n) is 7.84. The number of hydrogen-bond acceptors (Lipinski definition) is 9. The van der Waals surface area contributed by atoms with Crippen molar-refractivity contribution in [1.82, 2.24) is 29.2 Å². The first kappa shape index (κ1) is 39.6. The molecule has 4 aromatic rings. The third kappa shape index (κ3) is 7.47. The molecule has 1 aliphatic carbocycles. The number of nitrogens with one attached hydrogen (secondary N) is 1. The van der Waals surface area contributed by atoms with E-state index >= 15 is 0 Å². The van der Waals surface area contributed by atoms with E-state index in [2.05, 4.69) is 20.5 Å². The van der Waals surface area contributed by atoms with Gasteiger partial charge in [-0.1, -0.05) is 18.2 Å². The van der Waals surface area contributed by atoms with Gasteiger partial charge in [0.25, 0.3) is 0 Å². The first-order chi connectivity index (χ1) is 26.4. The Morgan fingerprint density at radius 2 is 1.80 bits per heavy atom. The number of nitrogens with zero attached hydrogens (tertiary/aromatic N) is 5. The summed E-state index contributed by atoms with van der Waals surface area (Å²) in [6.45, 7) is 7.10. The van der Waals surface area contributed by atoms with Crippen LogP contribution in [0.4, 0.5) is 13.2 Å². The number of hydrogen-bond donors (Lipinski definition) is 2. The first-order valence-electron chi connectivity index (χ1n) is 18.7. The monoisotopic (exact) mass is 798 g/mol. The summed E-state index contributed by atoms with van der Waals surface area (Å²) in [4.78, 5) is 29.9. The van der Waals surface area contributed by atoms with Crippen molar-refractivity contribution in [1.29, 1.82) is 0 Å².